The predicted octanol–water partition coefficient (Wildman–Crippen LogP) is 2.21. The van der Waals surface area contributed by atoms with Crippen molar-refractivity contribution in [1.29, 1.82) is 5.26 Å². The molecule has 2 rings (SSSR count). The Morgan fingerprint density at radius 3 is 3.00 bits per heavy atom. The van der Waals surface area contributed by atoms with E-state index in [0.29, 0.717) is 0 Å². The van der Waals surface area contributed by atoms with E-state index in [1.54, 1.807) is 6.20 Å². The maximum atomic E-state index is 9.10. The Labute approximate surface area is 96.7 Å². The molecule has 1 unspecified atom stereocenters. The summed E-state index contributed by atoms with van der Waals surface area (Å²) in [5.74, 6) is 0.143. The molecule has 0 bridgehead atoms. The molecule has 1 fully saturated rings. The molecule has 1 aromatic rings. The summed E-state index contributed by atoms with van der Waals surface area (Å²) in [6.07, 6.45) is 4.66. The molecule has 0 amide bonds. The fourth-order valence-electron chi connectivity index (χ4n) is 2.36. The third kappa shape index (κ3) is 1.94. The van der Waals surface area contributed by atoms with Gasteiger partial charge in [-0.2, -0.15) is 5.26 Å². The number of likely N-dealkylation sites (tertiary alicyclic amines) is 1. The molecule has 1 saturated heterocycles. The van der Waals surface area contributed by atoms with Crippen LogP contribution in [0.1, 0.15) is 25.8 Å². The topological polar surface area (TPSA) is 39.9 Å². The second-order valence-corrected chi connectivity index (χ2v) is 4.91. The van der Waals surface area contributed by atoms with E-state index in [1.807, 2.05) is 12.3 Å². The molecule has 16 heavy (non-hydrogen) atoms. The Morgan fingerprint density at radius 2 is 2.44 bits per heavy atom. The Bertz CT molecular complexity index is 391. The number of nitriles is 1. The lowest BCUT2D eigenvalue weighted by molar-refractivity contribution is 0.147. The zero-order valence-corrected chi connectivity index (χ0v) is 9.85. The lowest BCUT2D eigenvalue weighted by Crippen LogP contribution is -2.41. The Hall–Kier alpha value is -1.40. The summed E-state index contributed by atoms with van der Waals surface area (Å²) in [5.41, 5.74) is 1.19. The maximum absolute atomic E-state index is 9.10. The van der Waals surface area contributed by atoms with Crippen LogP contribution in [0.5, 0.6) is 0 Å². The summed E-state index contributed by atoms with van der Waals surface area (Å²) < 4.78 is 0. The van der Waals surface area contributed by atoms with E-state index >= 15 is 0 Å². The zero-order valence-electron chi connectivity index (χ0n) is 9.85. The monoisotopic (exact) mass is 215 g/mol. The van der Waals surface area contributed by atoms with Crippen molar-refractivity contribution in [2.45, 2.75) is 32.4 Å². The minimum absolute atomic E-state index is 0.0232. The first kappa shape index (κ1) is 11.1. The van der Waals surface area contributed by atoms with Gasteiger partial charge in [-0.3, -0.25) is 9.88 Å². The fraction of sp³-hybridized carbons (Fsp3) is 0.538. The first-order valence-electron chi connectivity index (χ1n) is 5.68. The molecule has 0 radical (unpaired) electrons. The van der Waals surface area contributed by atoms with Gasteiger partial charge in [-0.1, -0.05) is 6.07 Å². The van der Waals surface area contributed by atoms with Gasteiger partial charge in [0.05, 0.1) is 12.0 Å². The summed E-state index contributed by atoms with van der Waals surface area (Å²) in [6, 6.07) is 6.46. The van der Waals surface area contributed by atoms with Gasteiger partial charge in [0.1, 0.15) is 0 Å². The van der Waals surface area contributed by atoms with Crippen LogP contribution in [0.3, 0.4) is 0 Å². The molecule has 1 aliphatic heterocycles. The van der Waals surface area contributed by atoms with E-state index in [4.69, 9.17) is 5.26 Å². The molecule has 3 heteroatoms. The standard InChI is InChI=1S/C13H17N3/c1-13(2)12(8-14)5-7-16(13)10-11-4-3-6-15-9-11/h3-4,6,9,12H,5,7,10H2,1-2H3. The average Bonchev–Trinajstić information content (AvgIpc) is 2.56. The van der Waals surface area contributed by atoms with Crippen LogP contribution >= 0.6 is 0 Å². The number of hydrogen-bond acceptors (Lipinski definition) is 3. The molecular formula is C13H17N3. The normalized spacial score (nSPS) is 24.2. The van der Waals surface area contributed by atoms with Crippen molar-refractivity contribution < 1.29 is 0 Å². The van der Waals surface area contributed by atoms with Gasteiger partial charge in [0.2, 0.25) is 0 Å². The third-order valence-electron chi connectivity index (χ3n) is 3.61. The van der Waals surface area contributed by atoms with Crippen LogP contribution < -0.4 is 0 Å². The van der Waals surface area contributed by atoms with Gasteiger partial charge < -0.3 is 0 Å². The van der Waals surface area contributed by atoms with Crippen LogP contribution in [0.2, 0.25) is 0 Å². The van der Waals surface area contributed by atoms with E-state index in [1.165, 1.54) is 5.56 Å². The van der Waals surface area contributed by atoms with Gasteiger partial charge in [-0.15, -0.1) is 0 Å². The highest BCUT2D eigenvalue weighted by atomic mass is 15.2. The second kappa shape index (κ2) is 4.23. The number of hydrogen-bond donors (Lipinski definition) is 0. The Kier molecular flexibility index (Phi) is 2.93. The lowest BCUT2D eigenvalue weighted by Gasteiger charge is -2.33. The molecule has 2 heterocycles. The smallest absolute Gasteiger partial charge is 0.0675 e. The van der Waals surface area contributed by atoms with Crippen molar-refractivity contribution in [2.75, 3.05) is 6.54 Å². The van der Waals surface area contributed by atoms with Gasteiger partial charge in [0, 0.05) is 31.0 Å². The molecule has 1 aliphatic rings. The van der Waals surface area contributed by atoms with Crippen molar-refractivity contribution in [3.05, 3.63) is 30.1 Å². The SMILES string of the molecule is CC1(C)C(C#N)CCN1Cc1cccnc1. The summed E-state index contributed by atoms with van der Waals surface area (Å²) in [5, 5.41) is 9.10. The summed E-state index contributed by atoms with van der Waals surface area (Å²) in [6.45, 7) is 6.20. The lowest BCUT2D eigenvalue weighted by atomic mass is 9.89. The molecule has 0 aromatic carbocycles. The first-order chi connectivity index (χ1) is 7.64. The second-order valence-electron chi connectivity index (χ2n) is 4.91. The van der Waals surface area contributed by atoms with Crippen LogP contribution in [0.25, 0.3) is 0 Å². The molecule has 0 N–H and O–H groups in total. The predicted molar refractivity (Wildman–Crippen MR) is 62.4 cm³/mol. The van der Waals surface area contributed by atoms with Crippen LogP contribution in [0.4, 0.5) is 0 Å². The Balaban J connectivity index is 2.10. The quantitative estimate of drug-likeness (QED) is 0.759. The fourth-order valence-corrected chi connectivity index (χ4v) is 2.36. The molecule has 1 aromatic heterocycles. The van der Waals surface area contributed by atoms with E-state index in [2.05, 4.69) is 35.9 Å². The molecule has 1 atom stereocenters. The summed E-state index contributed by atoms with van der Waals surface area (Å²) in [7, 11) is 0. The first-order valence-corrected chi connectivity index (χ1v) is 5.68. The van der Waals surface area contributed by atoms with Gasteiger partial charge in [0.15, 0.2) is 0 Å². The zero-order chi connectivity index (χ0) is 11.6. The highest BCUT2D eigenvalue weighted by Crippen LogP contribution is 2.34. The number of nitrogens with zero attached hydrogens (tertiary/aromatic N) is 3. The van der Waals surface area contributed by atoms with E-state index in [9.17, 15) is 0 Å². The van der Waals surface area contributed by atoms with E-state index < -0.39 is 0 Å². The number of rotatable bonds is 2. The van der Waals surface area contributed by atoms with Gasteiger partial charge in [0.25, 0.3) is 0 Å². The van der Waals surface area contributed by atoms with Gasteiger partial charge in [-0.25, -0.2) is 0 Å². The van der Waals surface area contributed by atoms with Crippen molar-refractivity contribution in [1.82, 2.24) is 9.88 Å². The molecule has 0 aliphatic carbocycles. The molecular weight excluding hydrogens is 198 g/mol. The molecule has 84 valence electrons. The average molecular weight is 215 g/mol. The minimum Gasteiger partial charge on any atom is -0.293 e. The van der Waals surface area contributed by atoms with E-state index in [0.717, 1.165) is 19.5 Å². The number of pyridine rings is 1. The van der Waals surface area contributed by atoms with Crippen LogP contribution in [-0.4, -0.2) is 22.0 Å². The van der Waals surface area contributed by atoms with Crippen molar-refractivity contribution in [3.8, 4) is 6.07 Å². The van der Waals surface area contributed by atoms with E-state index in [-0.39, 0.29) is 11.5 Å². The van der Waals surface area contributed by atoms with Crippen LogP contribution in [0.15, 0.2) is 24.5 Å². The molecule has 0 spiro atoms. The number of aromatic nitrogens is 1. The largest absolute Gasteiger partial charge is 0.293 e. The molecule has 0 saturated carbocycles. The minimum atomic E-state index is -0.0232. The Morgan fingerprint density at radius 1 is 1.62 bits per heavy atom. The highest BCUT2D eigenvalue weighted by molar-refractivity contribution is 5.12. The van der Waals surface area contributed by atoms with Crippen molar-refractivity contribution >= 4 is 0 Å². The summed E-state index contributed by atoms with van der Waals surface area (Å²) in [4.78, 5) is 6.49. The third-order valence-corrected chi connectivity index (χ3v) is 3.61. The van der Waals surface area contributed by atoms with Crippen LogP contribution in [0, 0.1) is 17.2 Å². The van der Waals surface area contributed by atoms with Gasteiger partial charge >= 0.3 is 0 Å². The van der Waals surface area contributed by atoms with Crippen molar-refractivity contribution in [2.24, 2.45) is 5.92 Å². The summed E-state index contributed by atoms with van der Waals surface area (Å²) >= 11 is 0. The molecule has 3 nitrogen and oxygen atoms in total. The maximum Gasteiger partial charge on any atom is 0.0675 e. The van der Waals surface area contributed by atoms with Gasteiger partial charge in [-0.05, 0) is 31.9 Å². The van der Waals surface area contributed by atoms with Crippen LogP contribution in [-0.2, 0) is 6.54 Å². The highest BCUT2D eigenvalue weighted by Gasteiger charge is 2.41. The van der Waals surface area contributed by atoms with Crippen molar-refractivity contribution in [3.63, 3.8) is 0 Å².